The van der Waals surface area contributed by atoms with Crippen molar-refractivity contribution in [1.29, 1.82) is 0 Å². The maximum absolute atomic E-state index is 12.8. The lowest BCUT2D eigenvalue weighted by atomic mass is 9.77. The highest BCUT2D eigenvalue weighted by atomic mass is 16.2. The van der Waals surface area contributed by atoms with Gasteiger partial charge in [0.25, 0.3) is 0 Å². The van der Waals surface area contributed by atoms with Crippen LogP contribution in [0.25, 0.3) is 0 Å². The van der Waals surface area contributed by atoms with Gasteiger partial charge in [-0.15, -0.1) is 0 Å². The molecule has 0 aromatic heterocycles. The van der Waals surface area contributed by atoms with E-state index in [4.69, 9.17) is 5.73 Å². The van der Waals surface area contributed by atoms with Gasteiger partial charge in [0, 0.05) is 5.41 Å². The van der Waals surface area contributed by atoms with Crippen molar-refractivity contribution in [3.8, 4) is 0 Å². The highest BCUT2D eigenvalue weighted by Gasteiger charge is 2.37. The summed E-state index contributed by atoms with van der Waals surface area (Å²) in [6.07, 6.45) is 0.496. The highest BCUT2D eigenvalue weighted by Crippen LogP contribution is 2.27. The summed E-state index contributed by atoms with van der Waals surface area (Å²) in [7, 11) is 1.75. The van der Waals surface area contributed by atoms with E-state index in [1.807, 2.05) is 65.0 Å². The average molecular weight is 333 g/mol. The second-order valence-corrected chi connectivity index (χ2v) is 8.04. The molecule has 0 aliphatic rings. The van der Waals surface area contributed by atoms with Crippen LogP contribution in [0.1, 0.15) is 46.6 Å². The normalized spacial score (nSPS) is 14.8. The summed E-state index contributed by atoms with van der Waals surface area (Å²) in [5.41, 5.74) is 5.97. The number of hydrogen-bond acceptors (Lipinski definition) is 3. The molecule has 0 aliphatic carbocycles. The summed E-state index contributed by atoms with van der Waals surface area (Å²) in [6, 6.07) is 8.68. The summed E-state index contributed by atoms with van der Waals surface area (Å²) >= 11 is 0. The number of carbonyl (C=O) groups excluding carboxylic acids is 2. The quantitative estimate of drug-likeness (QED) is 0.713. The van der Waals surface area contributed by atoms with Crippen LogP contribution < -0.4 is 16.4 Å². The molecule has 0 saturated heterocycles. The van der Waals surface area contributed by atoms with Crippen LogP contribution in [0.2, 0.25) is 0 Å². The van der Waals surface area contributed by atoms with E-state index in [0.29, 0.717) is 6.42 Å². The van der Waals surface area contributed by atoms with Crippen molar-refractivity contribution in [2.24, 2.45) is 11.1 Å². The molecular weight excluding hydrogens is 302 g/mol. The standard InChI is InChI=1S/C19H31N3O2/c1-18(2,3)12-14(16(20)23)22-17(24)15(21-6)19(4,5)13-10-8-7-9-11-13/h7-11,14-15,21H,12H2,1-6H3,(H2,20,23)(H,22,24)/t14?,15-/m1/s1. The van der Waals surface area contributed by atoms with Crippen molar-refractivity contribution in [1.82, 2.24) is 10.6 Å². The fraction of sp³-hybridized carbons (Fsp3) is 0.579. The van der Waals surface area contributed by atoms with Gasteiger partial charge in [0.05, 0.1) is 6.04 Å². The topological polar surface area (TPSA) is 84.2 Å². The Morgan fingerprint density at radius 3 is 2.04 bits per heavy atom. The minimum Gasteiger partial charge on any atom is -0.368 e. The van der Waals surface area contributed by atoms with Gasteiger partial charge >= 0.3 is 0 Å². The molecule has 0 spiro atoms. The first-order valence-electron chi connectivity index (χ1n) is 8.31. The Hall–Kier alpha value is -1.88. The van der Waals surface area contributed by atoms with Gasteiger partial charge in [-0.2, -0.15) is 0 Å². The van der Waals surface area contributed by atoms with E-state index >= 15 is 0 Å². The van der Waals surface area contributed by atoms with Crippen molar-refractivity contribution < 1.29 is 9.59 Å². The Morgan fingerprint density at radius 2 is 1.62 bits per heavy atom. The van der Waals surface area contributed by atoms with Crippen LogP contribution in [0, 0.1) is 5.41 Å². The summed E-state index contributed by atoms with van der Waals surface area (Å²) in [5, 5.41) is 5.91. The zero-order valence-electron chi connectivity index (χ0n) is 15.6. The van der Waals surface area contributed by atoms with Gasteiger partial charge in [0.2, 0.25) is 11.8 Å². The second-order valence-electron chi connectivity index (χ2n) is 8.04. The molecule has 2 atom stereocenters. The van der Waals surface area contributed by atoms with Gasteiger partial charge in [0.1, 0.15) is 6.04 Å². The first-order valence-corrected chi connectivity index (χ1v) is 8.31. The predicted octanol–water partition coefficient (Wildman–Crippen LogP) is 1.96. The molecule has 4 N–H and O–H groups in total. The first-order chi connectivity index (χ1) is 11.0. The molecule has 1 aromatic rings. The summed E-state index contributed by atoms with van der Waals surface area (Å²) in [4.78, 5) is 24.5. The lowest BCUT2D eigenvalue weighted by Crippen LogP contribution is -2.57. The lowest BCUT2D eigenvalue weighted by molar-refractivity contribution is -0.130. The van der Waals surface area contributed by atoms with Crippen LogP contribution in [0.3, 0.4) is 0 Å². The number of likely N-dealkylation sites (N-methyl/N-ethyl adjacent to an activating group) is 1. The number of rotatable bonds is 7. The molecule has 0 saturated carbocycles. The smallest absolute Gasteiger partial charge is 0.240 e. The molecule has 1 rings (SSSR count). The maximum atomic E-state index is 12.8. The van der Waals surface area contributed by atoms with Gasteiger partial charge in [-0.05, 0) is 24.4 Å². The van der Waals surface area contributed by atoms with E-state index in [1.54, 1.807) is 7.05 Å². The number of primary amides is 1. The van der Waals surface area contributed by atoms with Gasteiger partial charge < -0.3 is 16.4 Å². The molecule has 0 radical (unpaired) electrons. The molecular formula is C19H31N3O2. The van der Waals surface area contributed by atoms with Crippen molar-refractivity contribution in [2.45, 2.75) is 58.5 Å². The molecule has 134 valence electrons. The lowest BCUT2D eigenvalue weighted by Gasteiger charge is -2.35. The molecule has 0 bridgehead atoms. The Kier molecular flexibility index (Phi) is 6.55. The van der Waals surface area contributed by atoms with E-state index in [1.165, 1.54) is 0 Å². The van der Waals surface area contributed by atoms with Crippen molar-refractivity contribution in [3.63, 3.8) is 0 Å². The van der Waals surface area contributed by atoms with Gasteiger partial charge in [-0.25, -0.2) is 0 Å². The minimum atomic E-state index is -0.681. The van der Waals surface area contributed by atoms with E-state index in [2.05, 4.69) is 10.6 Å². The third-order valence-electron chi connectivity index (χ3n) is 4.27. The zero-order valence-corrected chi connectivity index (χ0v) is 15.6. The van der Waals surface area contributed by atoms with E-state index in [0.717, 1.165) is 5.56 Å². The summed E-state index contributed by atoms with van der Waals surface area (Å²) in [5.74, 6) is -0.731. The number of nitrogens with two attached hydrogens (primary N) is 1. The Bertz CT molecular complexity index is 562. The first kappa shape index (κ1) is 20.2. The molecule has 24 heavy (non-hydrogen) atoms. The SMILES string of the molecule is CN[C@H](C(=O)NC(CC(C)(C)C)C(N)=O)C(C)(C)c1ccccc1. The Balaban J connectivity index is 2.98. The van der Waals surface area contributed by atoms with Crippen LogP contribution in [0.5, 0.6) is 0 Å². The molecule has 5 nitrogen and oxygen atoms in total. The number of amides is 2. The largest absolute Gasteiger partial charge is 0.368 e. The van der Waals surface area contributed by atoms with Crippen molar-refractivity contribution in [2.75, 3.05) is 7.05 Å². The Labute approximate surface area is 145 Å². The van der Waals surface area contributed by atoms with E-state index < -0.39 is 23.4 Å². The number of hydrogen-bond donors (Lipinski definition) is 3. The molecule has 2 amide bonds. The van der Waals surface area contributed by atoms with Gasteiger partial charge in [-0.3, -0.25) is 9.59 Å². The zero-order chi connectivity index (χ0) is 18.5. The van der Waals surface area contributed by atoms with Crippen LogP contribution in [0.15, 0.2) is 30.3 Å². The summed E-state index contributed by atoms with van der Waals surface area (Å²) < 4.78 is 0. The third-order valence-corrected chi connectivity index (χ3v) is 4.27. The molecule has 1 unspecified atom stereocenters. The predicted molar refractivity (Wildman–Crippen MR) is 97.5 cm³/mol. The van der Waals surface area contributed by atoms with Crippen LogP contribution in [0.4, 0.5) is 0 Å². The molecule has 0 aliphatic heterocycles. The molecule has 5 heteroatoms. The molecule has 0 fully saturated rings. The number of carbonyl (C=O) groups is 2. The molecule has 1 aromatic carbocycles. The monoisotopic (exact) mass is 333 g/mol. The fourth-order valence-electron chi connectivity index (χ4n) is 2.94. The number of nitrogens with one attached hydrogen (secondary N) is 2. The maximum Gasteiger partial charge on any atom is 0.240 e. The third kappa shape index (κ3) is 5.34. The fourth-order valence-corrected chi connectivity index (χ4v) is 2.94. The van der Waals surface area contributed by atoms with Gasteiger partial charge in [-0.1, -0.05) is 65.0 Å². The van der Waals surface area contributed by atoms with Crippen LogP contribution in [-0.4, -0.2) is 30.9 Å². The highest BCUT2D eigenvalue weighted by molar-refractivity contribution is 5.90. The van der Waals surface area contributed by atoms with Crippen molar-refractivity contribution in [3.05, 3.63) is 35.9 Å². The average Bonchev–Trinajstić information content (AvgIpc) is 2.46. The van der Waals surface area contributed by atoms with Crippen LogP contribution >= 0.6 is 0 Å². The van der Waals surface area contributed by atoms with Crippen LogP contribution in [-0.2, 0) is 15.0 Å². The van der Waals surface area contributed by atoms with E-state index in [9.17, 15) is 9.59 Å². The second kappa shape index (κ2) is 7.79. The number of benzene rings is 1. The van der Waals surface area contributed by atoms with E-state index in [-0.39, 0.29) is 11.3 Å². The summed E-state index contributed by atoms with van der Waals surface area (Å²) in [6.45, 7) is 10.0. The van der Waals surface area contributed by atoms with Gasteiger partial charge in [0.15, 0.2) is 0 Å². The minimum absolute atomic E-state index is 0.114. The Morgan fingerprint density at radius 1 is 1.08 bits per heavy atom. The van der Waals surface area contributed by atoms with Crippen molar-refractivity contribution >= 4 is 11.8 Å². The molecule has 0 heterocycles.